The Hall–Kier alpha value is -0.790. The van der Waals surface area contributed by atoms with Crippen LogP contribution in [-0.4, -0.2) is 49.2 Å². The Kier molecular flexibility index (Phi) is 8.71. The molecule has 2 fully saturated rings. The number of furan rings is 1. The fourth-order valence-electron chi connectivity index (χ4n) is 3.53. The van der Waals surface area contributed by atoms with Gasteiger partial charge in [-0.25, -0.2) is 0 Å². The Bertz CT molecular complexity index is 541. The zero-order valence-electron chi connectivity index (χ0n) is 14.7. The van der Waals surface area contributed by atoms with E-state index < -0.39 is 5.54 Å². The molecule has 0 aromatic carbocycles. The van der Waals surface area contributed by atoms with Gasteiger partial charge in [-0.3, -0.25) is 9.69 Å². The number of morpholine rings is 1. The van der Waals surface area contributed by atoms with Gasteiger partial charge in [0.2, 0.25) is 5.91 Å². The first-order chi connectivity index (χ1) is 11.1. The van der Waals surface area contributed by atoms with Crippen LogP contribution < -0.4 is 11.1 Å². The molecular formula is C17H29Cl2N3O3. The molecule has 1 saturated heterocycles. The average molecular weight is 394 g/mol. The Morgan fingerprint density at radius 3 is 2.48 bits per heavy atom. The average Bonchev–Trinajstić information content (AvgIpc) is 3.18. The predicted octanol–water partition coefficient (Wildman–Crippen LogP) is 2.19. The normalized spacial score (nSPS) is 21.0. The number of hydrogen-bond donors (Lipinski definition) is 2. The van der Waals surface area contributed by atoms with Gasteiger partial charge in [0.25, 0.3) is 0 Å². The molecule has 1 amide bonds. The lowest BCUT2D eigenvalue weighted by Crippen LogP contribution is -2.53. The van der Waals surface area contributed by atoms with Gasteiger partial charge in [-0.15, -0.1) is 24.8 Å². The Labute approximate surface area is 161 Å². The second-order valence-corrected chi connectivity index (χ2v) is 6.69. The Morgan fingerprint density at radius 1 is 1.28 bits per heavy atom. The van der Waals surface area contributed by atoms with E-state index in [1.165, 1.54) is 0 Å². The molecule has 2 aliphatic rings. The van der Waals surface area contributed by atoms with Crippen LogP contribution in [0.15, 0.2) is 16.5 Å². The monoisotopic (exact) mass is 393 g/mol. The van der Waals surface area contributed by atoms with Crippen molar-refractivity contribution in [2.75, 3.05) is 32.8 Å². The summed E-state index contributed by atoms with van der Waals surface area (Å²) in [5.74, 6) is 1.74. The number of amides is 1. The Morgan fingerprint density at radius 2 is 1.92 bits per heavy atom. The van der Waals surface area contributed by atoms with Gasteiger partial charge in [0.15, 0.2) is 0 Å². The highest BCUT2D eigenvalue weighted by atomic mass is 35.5. The van der Waals surface area contributed by atoms with Gasteiger partial charge in [0.1, 0.15) is 11.5 Å². The minimum absolute atomic E-state index is 0. The molecule has 6 nitrogen and oxygen atoms in total. The van der Waals surface area contributed by atoms with E-state index in [4.69, 9.17) is 14.9 Å². The summed E-state index contributed by atoms with van der Waals surface area (Å²) in [5.41, 5.74) is 5.56. The summed E-state index contributed by atoms with van der Waals surface area (Å²) in [7, 11) is 0. The second kappa shape index (κ2) is 9.78. The third kappa shape index (κ3) is 5.34. The molecule has 1 saturated carbocycles. The molecule has 0 bridgehead atoms. The summed E-state index contributed by atoms with van der Waals surface area (Å²) >= 11 is 0. The molecule has 25 heavy (non-hydrogen) atoms. The molecule has 2 heterocycles. The van der Waals surface area contributed by atoms with Gasteiger partial charge in [0.05, 0.1) is 24.8 Å². The van der Waals surface area contributed by atoms with Crippen LogP contribution in [0.1, 0.15) is 43.2 Å². The summed E-state index contributed by atoms with van der Waals surface area (Å²) in [6.45, 7) is 5.56. The SMILES string of the molecule is Cc1ccc(C(CNC(=O)C2(N)CCCC2)N2CCOCC2)o1.Cl.Cl. The molecule has 0 spiro atoms. The molecule has 1 aromatic heterocycles. The van der Waals surface area contributed by atoms with Gasteiger partial charge >= 0.3 is 0 Å². The molecule has 144 valence electrons. The van der Waals surface area contributed by atoms with E-state index >= 15 is 0 Å². The maximum atomic E-state index is 12.5. The maximum absolute atomic E-state index is 12.5. The number of nitrogens with zero attached hydrogens (tertiary/aromatic N) is 1. The minimum atomic E-state index is -0.686. The molecule has 0 radical (unpaired) electrons. The highest BCUT2D eigenvalue weighted by Crippen LogP contribution is 2.28. The van der Waals surface area contributed by atoms with Crippen molar-refractivity contribution in [3.63, 3.8) is 0 Å². The van der Waals surface area contributed by atoms with Crippen molar-refractivity contribution in [1.82, 2.24) is 10.2 Å². The van der Waals surface area contributed by atoms with Crippen molar-refractivity contribution >= 4 is 30.7 Å². The summed E-state index contributed by atoms with van der Waals surface area (Å²) in [4.78, 5) is 14.8. The third-order valence-corrected chi connectivity index (χ3v) is 4.98. The highest BCUT2D eigenvalue weighted by Gasteiger charge is 2.37. The topological polar surface area (TPSA) is 80.7 Å². The number of halogens is 2. The Balaban J connectivity index is 0.00000156. The molecule has 1 unspecified atom stereocenters. The van der Waals surface area contributed by atoms with Crippen molar-refractivity contribution in [3.05, 3.63) is 23.7 Å². The number of rotatable bonds is 5. The van der Waals surface area contributed by atoms with Crippen LogP contribution in [0.5, 0.6) is 0 Å². The van der Waals surface area contributed by atoms with E-state index in [-0.39, 0.29) is 36.8 Å². The van der Waals surface area contributed by atoms with Crippen molar-refractivity contribution in [1.29, 1.82) is 0 Å². The predicted molar refractivity (Wildman–Crippen MR) is 101 cm³/mol. The maximum Gasteiger partial charge on any atom is 0.240 e. The second-order valence-electron chi connectivity index (χ2n) is 6.69. The number of carbonyl (C=O) groups is 1. The van der Waals surface area contributed by atoms with Gasteiger partial charge in [-0.2, -0.15) is 0 Å². The molecule has 1 atom stereocenters. The van der Waals surface area contributed by atoms with Crippen molar-refractivity contribution in [3.8, 4) is 0 Å². The van der Waals surface area contributed by atoms with Crippen molar-refractivity contribution in [2.24, 2.45) is 5.73 Å². The molecule has 1 aliphatic heterocycles. The molecule has 1 aliphatic carbocycles. The number of hydrogen-bond acceptors (Lipinski definition) is 5. The van der Waals surface area contributed by atoms with E-state index in [2.05, 4.69) is 10.2 Å². The summed E-state index contributed by atoms with van der Waals surface area (Å²) in [5, 5.41) is 3.06. The number of nitrogens with two attached hydrogens (primary N) is 1. The fraction of sp³-hybridized carbons (Fsp3) is 0.706. The first-order valence-electron chi connectivity index (χ1n) is 8.54. The quantitative estimate of drug-likeness (QED) is 0.800. The van der Waals surface area contributed by atoms with Crippen molar-refractivity contribution < 1.29 is 13.9 Å². The molecule has 8 heteroatoms. The molecule has 1 aromatic rings. The largest absolute Gasteiger partial charge is 0.465 e. The van der Waals surface area contributed by atoms with Gasteiger partial charge in [-0.05, 0) is 31.9 Å². The third-order valence-electron chi connectivity index (χ3n) is 4.98. The van der Waals surface area contributed by atoms with E-state index in [0.717, 1.165) is 50.3 Å². The smallest absolute Gasteiger partial charge is 0.240 e. The zero-order chi connectivity index (χ0) is 16.3. The summed E-state index contributed by atoms with van der Waals surface area (Å²) < 4.78 is 11.3. The first-order valence-corrected chi connectivity index (χ1v) is 8.54. The van der Waals surface area contributed by atoms with E-state index in [0.29, 0.717) is 19.8 Å². The van der Waals surface area contributed by atoms with Crippen molar-refractivity contribution in [2.45, 2.75) is 44.2 Å². The lowest BCUT2D eigenvalue weighted by molar-refractivity contribution is -0.126. The van der Waals surface area contributed by atoms with Gasteiger partial charge in [-0.1, -0.05) is 12.8 Å². The molecular weight excluding hydrogens is 365 g/mol. The van der Waals surface area contributed by atoms with Crippen LogP contribution in [0.4, 0.5) is 0 Å². The zero-order valence-corrected chi connectivity index (χ0v) is 16.3. The lowest BCUT2D eigenvalue weighted by Gasteiger charge is -2.34. The van der Waals surface area contributed by atoms with E-state index in [1.54, 1.807) is 0 Å². The number of aryl methyl sites for hydroxylation is 1. The van der Waals surface area contributed by atoms with Crippen LogP contribution >= 0.6 is 24.8 Å². The standard InChI is InChI=1S/C17H27N3O3.2ClH/c1-13-4-5-15(23-13)14(20-8-10-22-11-9-20)12-19-16(21)17(18)6-2-3-7-17;;/h4-5,14H,2-3,6-12,18H2,1H3,(H,19,21);2*1H. The van der Waals surface area contributed by atoms with Gasteiger partial charge in [0, 0.05) is 19.6 Å². The molecule has 3 rings (SSSR count). The van der Waals surface area contributed by atoms with Crippen LogP contribution in [0.3, 0.4) is 0 Å². The fourth-order valence-corrected chi connectivity index (χ4v) is 3.53. The van der Waals surface area contributed by atoms with Crippen LogP contribution in [0, 0.1) is 6.92 Å². The van der Waals surface area contributed by atoms with E-state index in [9.17, 15) is 4.79 Å². The van der Waals surface area contributed by atoms with Gasteiger partial charge < -0.3 is 20.2 Å². The van der Waals surface area contributed by atoms with E-state index in [1.807, 2.05) is 19.1 Å². The highest BCUT2D eigenvalue weighted by molar-refractivity contribution is 5.86. The number of ether oxygens (including phenoxy) is 1. The van der Waals surface area contributed by atoms with Crippen LogP contribution in [0.25, 0.3) is 0 Å². The first kappa shape index (κ1) is 22.3. The number of nitrogens with one attached hydrogen (secondary N) is 1. The van der Waals surface area contributed by atoms with Crippen LogP contribution in [0.2, 0.25) is 0 Å². The molecule has 3 N–H and O–H groups in total. The number of carbonyl (C=O) groups excluding carboxylic acids is 1. The van der Waals surface area contributed by atoms with Crippen LogP contribution in [-0.2, 0) is 9.53 Å². The summed E-state index contributed by atoms with van der Waals surface area (Å²) in [6, 6.07) is 3.99. The minimum Gasteiger partial charge on any atom is -0.465 e. The summed E-state index contributed by atoms with van der Waals surface area (Å²) in [6.07, 6.45) is 3.63. The lowest BCUT2D eigenvalue weighted by atomic mass is 9.98.